The minimum absolute atomic E-state index is 0.00143. The smallest absolute Gasteiger partial charge is 0.227 e. The number of para-hydroxylation sites is 1. The Bertz CT molecular complexity index is 499. The van der Waals surface area contributed by atoms with Gasteiger partial charge in [0.25, 0.3) is 0 Å². The molecular formula is C17H25N3O. The van der Waals surface area contributed by atoms with Crippen molar-refractivity contribution in [3.05, 3.63) is 29.8 Å². The Hall–Kier alpha value is -1.55. The first-order valence-corrected chi connectivity index (χ1v) is 8.14. The van der Waals surface area contributed by atoms with Crippen LogP contribution in [-0.4, -0.2) is 43.0 Å². The van der Waals surface area contributed by atoms with E-state index in [-0.39, 0.29) is 11.8 Å². The molecule has 1 aliphatic heterocycles. The molecular weight excluding hydrogens is 262 g/mol. The van der Waals surface area contributed by atoms with Gasteiger partial charge < -0.3 is 10.6 Å². The summed E-state index contributed by atoms with van der Waals surface area (Å²) in [6, 6.07) is 8.92. The number of benzene rings is 1. The number of hydrogen-bond donors (Lipinski definition) is 2. The molecule has 0 aromatic heterocycles. The number of amides is 1. The standard InChI is InChI=1S/C17H25N3O/c1-2-20(13-7-8-13)12-11-19-17(21)15-9-10-18-16-6-4-3-5-14(15)16/h3-6,13,15,18H,2,7-12H2,1H3,(H,19,21). The van der Waals surface area contributed by atoms with E-state index >= 15 is 0 Å². The zero-order valence-corrected chi connectivity index (χ0v) is 12.8. The van der Waals surface area contributed by atoms with E-state index in [0.29, 0.717) is 0 Å². The van der Waals surface area contributed by atoms with Crippen LogP contribution in [0.3, 0.4) is 0 Å². The summed E-state index contributed by atoms with van der Waals surface area (Å²) in [4.78, 5) is 14.9. The topological polar surface area (TPSA) is 44.4 Å². The molecule has 2 aliphatic rings. The van der Waals surface area contributed by atoms with Crippen molar-refractivity contribution in [3.8, 4) is 0 Å². The fourth-order valence-electron chi connectivity index (χ4n) is 3.23. The van der Waals surface area contributed by atoms with E-state index in [2.05, 4.69) is 34.6 Å². The molecule has 0 bridgehead atoms. The monoisotopic (exact) mass is 287 g/mol. The summed E-state index contributed by atoms with van der Waals surface area (Å²) in [7, 11) is 0. The fourth-order valence-corrected chi connectivity index (χ4v) is 3.23. The van der Waals surface area contributed by atoms with Crippen molar-refractivity contribution in [3.63, 3.8) is 0 Å². The molecule has 1 aromatic rings. The van der Waals surface area contributed by atoms with E-state index in [1.165, 1.54) is 12.8 Å². The van der Waals surface area contributed by atoms with E-state index in [1.807, 2.05) is 12.1 Å². The summed E-state index contributed by atoms with van der Waals surface area (Å²) < 4.78 is 0. The number of nitrogens with one attached hydrogen (secondary N) is 2. The number of nitrogens with zero attached hydrogens (tertiary/aromatic N) is 1. The number of carbonyl (C=O) groups is 1. The van der Waals surface area contributed by atoms with E-state index in [4.69, 9.17) is 0 Å². The van der Waals surface area contributed by atoms with Gasteiger partial charge in [0.1, 0.15) is 0 Å². The van der Waals surface area contributed by atoms with E-state index < -0.39 is 0 Å². The van der Waals surface area contributed by atoms with Crippen LogP contribution in [0.4, 0.5) is 5.69 Å². The van der Waals surface area contributed by atoms with Crippen molar-refractivity contribution in [1.29, 1.82) is 0 Å². The van der Waals surface area contributed by atoms with Gasteiger partial charge in [-0.25, -0.2) is 0 Å². The molecule has 4 nitrogen and oxygen atoms in total. The van der Waals surface area contributed by atoms with Crippen molar-refractivity contribution in [2.24, 2.45) is 0 Å². The van der Waals surface area contributed by atoms with Gasteiger partial charge in [0.15, 0.2) is 0 Å². The molecule has 3 rings (SSSR count). The third-order valence-electron chi connectivity index (χ3n) is 4.57. The third kappa shape index (κ3) is 3.38. The largest absolute Gasteiger partial charge is 0.385 e. The van der Waals surface area contributed by atoms with Gasteiger partial charge in [-0.15, -0.1) is 0 Å². The molecule has 21 heavy (non-hydrogen) atoms. The molecule has 1 atom stereocenters. The van der Waals surface area contributed by atoms with Crippen molar-refractivity contribution in [1.82, 2.24) is 10.2 Å². The summed E-state index contributed by atoms with van der Waals surface area (Å²) in [6.45, 7) is 5.88. The maximum atomic E-state index is 12.5. The van der Waals surface area contributed by atoms with Crippen LogP contribution >= 0.6 is 0 Å². The Morgan fingerprint density at radius 2 is 2.14 bits per heavy atom. The summed E-state index contributed by atoms with van der Waals surface area (Å²) in [5.41, 5.74) is 2.24. The first kappa shape index (κ1) is 14.4. The summed E-state index contributed by atoms with van der Waals surface area (Å²) in [6.07, 6.45) is 3.52. The maximum Gasteiger partial charge on any atom is 0.227 e. The minimum Gasteiger partial charge on any atom is -0.385 e. The third-order valence-corrected chi connectivity index (χ3v) is 4.57. The van der Waals surface area contributed by atoms with Crippen LogP contribution < -0.4 is 10.6 Å². The zero-order valence-electron chi connectivity index (χ0n) is 12.8. The fraction of sp³-hybridized carbons (Fsp3) is 0.588. The molecule has 0 spiro atoms. The van der Waals surface area contributed by atoms with Crippen LogP contribution in [0.1, 0.15) is 37.7 Å². The molecule has 1 heterocycles. The molecule has 2 N–H and O–H groups in total. The molecule has 0 radical (unpaired) electrons. The second-order valence-corrected chi connectivity index (χ2v) is 6.01. The zero-order chi connectivity index (χ0) is 14.7. The predicted molar refractivity (Wildman–Crippen MR) is 85.6 cm³/mol. The highest BCUT2D eigenvalue weighted by Crippen LogP contribution is 2.31. The average Bonchev–Trinajstić information content (AvgIpc) is 3.35. The maximum absolute atomic E-state index is 12.5. The summed E-state index contributed by atoms with van der Waals surface area (Å²) >= 11 is 0. The van der Waals surface area contributed by atoms with Gasteiger partial charge in [-0.2, -0.15) is 0 Å². The number of carbonyl (C=O) groups excluding carboxylic acids is 1. The molecule has 114 valence electrons. The number of anilines is 1. The van der Waals surface area contributed by atoms with Gasteiger partial charge in [0.05, 0.1) is 5.92 Å². The van der Waals surface area contributed by atoms with Crippen LogP contribution in [0.25, 0.3) is 0 Å². The first-order valence-electron chi connectivity index (χ1n) is 8.14. The van der Waals surface area contributed by atoms with E-state index in [0.717, 1.165) is 49.9 Å². The van der Waals surface area contributed by atoms with E-state index in [1.54, 1.807) is 0 Å². The van der Waals surface area contributed by atoms with Gasteiger partial charge in [0, 0.05) is 31.4 Å². The SMILES string of the molecule is CCN(CCNC(=O)C1CCNc2ccccc21)C1CC1. The number of fused-ring (bicyclic) bond motifs is 1. The van der Waals surface area contributed by atoms with Crippen LogP contribution in [0, 0.1) is 0 Å². The lowest BCUT2D eigenvalue weighted by molar-refractivity contribution is -0.122. The van der Waals surface area contributed by atoms with Crippen molar-refractivity contribution in [2.75, 3.05) is 31.5 Å². The Morgan fingerprint density at radius 1 is 1.33 bits per heavy atom. The van der Waals surface area contributed by atoms with Gasteiger partial charge in [0.2, 0.25) is 5.91 Å². The van der Waals surface area contributed by atoms with Crippen LogP contribution in [-0.2, 0) is 4.79 Å². The Labute approximate surface area is 126 Å². The van der Waals surface area contributed by atoms with Crippen LogP contribution in [0.5, 0.6) is 0 Å². The van der Waals surface area contributed by atoms with Crippen molar-refractivity contribution in [2.45, 2.75) is 38.1 Å². The molecule has 1 aliphatic carbocycles. The van der Waals surface area contributed by atoms with Crippen LogP contribution in [0.2, 0.25) is 0 Å². The molecule has 1 fully saturated rings. The highest BCUT2D eigenvalue weighted by Gasteiger charge is 2.28. The normalized spacial score (nSPS) is 20.8. The summed E-state index contributed by atoms with van der Waals surface area (Å²) in [5, 5.41) is 6.50. The summed E-state index contributed by atoms with van der Waals surface area (Å²) in [5.74, 6) is 0.175. The van der Waals surface area contributed by atoms with Gasteiger partial charge >= 0.3 is 0 Å². The minimum atomic E-state index is -0.00143. The number of likely N-dealkylation sites (N-methyl/N-ethyl adjacent to an activating group) is 1. The van der Waals surface area contributed by atoms with Crippen molar-refractivity contribution >= 4 is 11.6 Å². The first-order chi connectivity index (χ1) is 10.3. The average molecular weight is 287 g/mol. The molecule has 1 saturated carbocycles. The van der Waals surface area contributed by atoms with Crippen molar-refractivity contribution < 1.29 is 4.79 Å². The molecule has 1 unspecified atom stereocenters. The second-order valence-electron chi connectivity index (χ2n) is 6.01. The second kappa shape index (κ2) is 6.48. The molecule has 0 saturated heterocycles. The highest BCUT2D eigenvalue weighted by atomic mass is 16.1. The molecule has 1 aromatic carbocycles. The Morgan fingerprint density at radius 3 is 2.90 bits per heavy atom. The van der Waals surface area contributed by atoms with Gasteiger partial charge in [-0.1, -0.05) is 25.1 Å². The lowest BCUT2D eigenvalue weighted by Gasteiger charge is -2.26. The molecule has 4 heteroatoms. The number of rotatable bonds is 6. The van der Waals surface area contributed by atoms with Gasteiger partial charge in [-0.3, -0.25) is 9.69 Å². The quantitative estimate of drug-likeness (QED) is 0.843. The van der Waals surface area contributed by atoms with Gasteiger partial charge in [-0.05, 0) is 37.4 Å². The predicted octanol–water partition coefficient (Wildman–Crippen LogP) is 2.19. The van der Waals surface area contributed by atoms with Crippen LogP contribution in [0.15, 0.2) is 24.3 Å². The Balaban J connectivity index is 1.54. The number of hydrogen-bond acceptors (Lipinski definition) is 3. The van der Waals surface area contributed by atoms with E-state index in [9.17, 15) is 4.79 Å². The highest BCUT2D eigenvalue weighted by molar-refractivity contribution is 5.86. The Kier molecular flexibility index (Phi) is 4.44. The lowest BCUT2D eigenvalue weighted by atomic mass is 9.90. The lowest BCUT2D eigenvalue weighted by Crippen LogP contribution is -2.39. The molecule has 1 amide bonds.